The predicted octanol–water partition coefficient (Wildman–Crippen LogP) is 0.719. The Balaban J connectivity index is 2.03. The Kier molecular flexibility index (Phi) is 5.94. The maximum Gasteiger partial charge on any atom is 0.251 e. The lowest BCUT2D eigenvalue weighted by molar-refractivity contribution is 0.0921. The van der Waals surface area contributed by atoms with Crippen molar-refractivity contribution in [2.75, 3.05) is 25.6 Å². The second-order valence-electron chi connectivity index (χ2n) is 5.85. The van der Waals surface area contributed by atoms with Crippen molar-refractivity contribution in [3.63, 3.8) is 0 Å². The summed E-state index contributed by atoms with van der Waals surface area (Å²) in [4.78, 5) is 12.4. The van der Waals surface area contributed by atoms with E-state index in [2.05, 4.69) is 5.32 Å². The van der Waals surface area contributed by atoms with Crippen molar-refractivity contribution >= 4 is 26.7 Å². The number of nitrogens with one attached hydrogen (secondary N) is 1. The minimum absolute atomic E-state index is 0.185. The number of sulfonamides is 1. The smallest absolute Gasteiger partial charge is 0.251 e. The molecular formula is C15H22N2O4S2. The average Bonchev–Trinajstić information content (AvgIpc) is 2.46. The number of rotatable bonds is 5. The maximum atomic E-state index is 12.4. The summed E-state index contributed by atoms with van der Waals surface area (Å²) in [5, 5.41) is 2.90. The van der Waals surface area contributed by atoms with E-state index in [0.717, 1.165) is 18.4 Å². The third kappa shape index (κ3) is 5.40. The number of nitrogens with zero attached hydrogens (tertiary/aromatic N) is 1. The molecule has 1 aromatic carbocycles. The zero-order chi connectivity index (χ0) is 17.0. The molecule has 1 aromatic rings. The highest BCUT2D eigenvalue weighted by Crippen LogP contribution is 2.14. The molecule has 1 fully saturated rings. The molecule has 0 bridgehead atoms. The highest BCUT2D eigenvalue weighted by atomic mass is 32.2. The lowest BCUT2D eigenvalue weighted by Gasteiger charge is -2.31. The van der Waals surface area contributed by atoms with E-state index >= 15 is 0 Å². The monoisotopic (exact) mass is 358 g/mol. The molecule has 0 radical (unpaired) electrons. The first-order chi connectivity index (χ1) is 10.8. The van der Waals surface area contributed by atoms with Crippen LogP contribution in [-0.2, 0) is 26.6 Å². The topological polar surface area (TPSA) is 83.6 Å². The molecule has 23 heavy (non-hydrogen) atoms. The van der Waals surface area contributed by atoms with E-state index in [1.807, 2.05) is 6.07 Å². The van der Waals surface area contributed by atoms with Gasteiger partial charge in [0.1, 0.15) is 0 Å². The molecule has 2 atom stereocenters. The van der Waals surface area contributed by atoms with Crippen LogP contribution in [0.4, 0.5) is 0 Å². The first-order valence-electron chi connectivity index (χ1n) is 7.40. The molecule has 6 nitrogen and oxygen atoms in total. The van der Waals surface area contributed by atoms with Crippen molar-refractivity contribution in [3.05, 3.63) is 35.4 Å². The molecule has 0 spiro atoms. The zero-order valence-electron chi connectivity index (χ0n) is 13.3. The number of hydrogen-bond donors (Lipinski definition) is 1. The van der Waals surface area contributed by atoms with Crippen LogP contribution in [0.25, 0.3) is 0 Å². The van der Waals surface area contributed by atoms with Crippen LogP contribution < -0.4 is 5.32 Å². The Hall–Kier alpha value is -1.25. The Labute approximate surface area is 139 Å². The van der Waals surface area contributed by atoms with Gasteiger partial charge < -0.3 is 5.32 Å². The largest absolute Gasteiger partial charge is 0.348 e. The van der Waals surface area contributed by atoms with Gasteiger partial charge in [-0.1, -0.05) is 12.1 Å². The number of piperidine rings is 1. The number of carbonyl (C=O) groups excluding carboxylic acids is 1. The van der Waals surface area contributed by atoms with Crippen LogP contribution in [0.2, 0.25) is 0 Å². The van der Waals surface area contributed by atoms with E-state index in [4.69, 9.17) is 0 Å². The van der Waals surface area contributed by atoms with Crippen LogP contribution in [0.15, 0.2) is 24.3 Å². The summed E-state index contributed by atoms with van der Waals surface area (Å²) in [6.45, 7) is 0.812. The fourth-order valence-corrected chi connectivity index (χ4v) is 4.23. The van der Waals surface area contributed by atoms with Gasteiger partial charge in [0.2, 0.25) is 10.0 Å². The van der Waals surface area contributed by atoms with Crippen molar-refractivity contribution in [1.29, 1.82) is 0 Å². The molecule has 1 aliphatic heterocycles. The molecule has 0 aromatic heterocycles. The van der Waals surface area contributed by atoms with Crippen molar-refractivity contribution in [2.45, 2.75) is 24.6 Å². The first-order valence-corrected chi connectivity index (χ1v) is 11.0. The molecule has 1 saturated heterocycles. The molecule has 0 unspecified atom stereocenters. The Morgan fingerprint density at radius 3 is 2.83 bits per heavy atom. The van der Waals surface area contributed by atoms with E-state index in [1.54, 1.807) is 24.5 Å². The van der Waals surface area contributed by atoms with Gasteiger partial charge in [0.15, 0.2) is 0 Å². The third-order valence-corrected chi connectivity index (χ3v) is 5.76. The molecule has 1 aliphatic rings. The molecule has 8 heteroatoms. The van der Waals surface area contributed by atoms with Crippen molar-refractivity contribution in [2.24, 2.45) is 0 Å². The zero-order valence-corrected chi connectivity index (χ0v) is 15.0. The molecule has 128 valence electrons. The summed E-state index contributed by atoms with van der Waals surface area (Å²) >= 11 is 0. The lowest BCUT2D eigenvalue weighted by Crippen LogP contribution is -2.49. The number of carbonyl (C=O) groups is 1. The van der Waals surface area contributed by atoms with Gasteiger partial charge in [0, 0.05) is 47.5 Å². The maximum absolute atomic E-state index is 12.4. The fourth-order valence-electron chi connectivity index (χ4n) is 2.67. The van der Waals surface area contributed by atoms with Crippen molar-refractivity contribution in [3.8, 4) is 0 Å². The quantitative estimate of drug-likeness (QED) is 0.841. The van der Waals surface area contributed by atoms with E-state index < -0.39 is 20.8 Å². The van der Waals surface area contributed by atoms with Gasteiger partial charge in [-0.3, -0.25) is 9.00 Å². The molecule has 1 heterocycles. The number of hydrogen-bond acceptors (Lipinski definition) is 4. The second kappa shape index (κ2) is 7.55. The van der Waals surface area contributed by atoms with E-state index in [1.165, 1.54) is 10.6 Å². The van der Waals surface area contributed by atoms with Gasteiger partial charge in [0.05, 0.1) is 6.26 Å². The molecular weight excluding hydrogens is 336 g/mol. The minimum atomic E-state index is -3.23. The SMILES string of the molecule is C[S@@](=O)Cc1cccc(C(=O)N[C@H]2CCCN(S(C)(=O)=O)C2)c1. The van der Waals surface area contributed by atoms with Crippen LogP contribution in [0, 0.1) is 0 Å². The van der Waals surface area contributed by atoms with Crippen molar-refractivity contribution in [1.82, 2.24) is 9.62 Å². The highest BCUT2D eigenvalue weighted by Gasteiger charge is 2.27. The lowest BCUT2D eigenvalue weighted by atomic mass is 10.1. The molecule has 1 N–H and O–H groups in total. The van der Waals surface area contributed by atoms with Crippen LogP contribution in [0.1, 0.15) is 28.8 Å². The summed E-state index contributed by atoms with van der Waals surface area (Å²) < 4.78 is 35.9. The summed E-state index contributed by atoms with van der Waals surface area (Å²) in [5.41, 5.74) is 1.35. The molecule has 1 amide bonds. The molecule has 2 rings (SSSR count). The van der Waals surface area contributed by atoms with Crippen LogP contribution in [0.5, 0.6) is 0 Å². The Bertz CT molecular complexity index is 703. The summed E-state index contributed by atoms with van der Waals surface area (Å²) in [6.07, 6.45) is 4.30. The van der Waals surface area contributed by atoms with Gasteiger partial charge in [-0.25, -0.2) is 12.7 Å². The first kappa shape index (κ1) is 18.1. The van der Waals surface area contributed by atoms with Crippen molar-refractivity contribution < 1.29 is 17.4 Å². The second-order valence-corrected chi connectivity index (χ2v) is 9.27. The Morgan fingerprint density at radius 1 is 1.43 bits per heavy atom. The van der Waals surface area contributed by atoms with Crippen LogP contribution >= 0.6 is 0 Å². The number of amides is 1. The standard InChI is InChI=1S/C15H22N2O4S2/c1-22(19)11-12-5-3-6-13(9-12)15(18)16-14-7-4-8-17(10-14)23(2,20)21/h3,5-6,9,14H,4,7-8,10-11H2,1-2H3,(H,16,18)/t14-,22+/m0/s1. The van der Waals surface area contributed by atoms with E-state index in [9.17, 15) is 17.4 Å². The van der Waals surface area contributed by atoms with Gasteiger partial charge in [-0.05, 0) is 30.5 Å². The summed E-state index contributed by atoms with van der Waals surface area (Å²) in [6, 6.07) is 6.85. The van der Waals surface area contributed by atoms with E-state index in [-0.39, 0.29) is 11.9 Å². The normalized spacial score (nSPS) is 20.9. The molecule has 0 aliphatic carbocycles. The van der Waals surface area contributed by atoms with Gasteiger partial charge in [-0.2, -0.15) is 0 Å². The summed E-state index contributed by atoms with van der Waals surface area (Å²) in [5.74, 6) is 0.181. The average molecular weight is 358 g/mol. The van der Waals surface area contributed by atoms with Gasteiger partial charge >= 0.3 is 0 Å². The van der Waals surface area contributed by atoms with Gasteiger partial charge in [-0.15, -0.1) is 0 Å². The predicted molar refractivity (Wildman–Crippen MR) is 91.1 cm³/mol. The Morgan fingerprint density at radius 2 is 2.17 bits per heavy atom. The third-order valence-electron chi connectivity index (χ3n) is 3.75. The van der Waals surface area contributed by atoms with Gasteiger partial charge in [0.25, 0.3) is 5.91 Å². The highest BCUT2D eigenvalue weighted by molar-refractivity contribution is 7.88. The number of benzene rings is 1. The fraction of sp³-hybridized carbons (Fsp3) is 0.533. The van der Waals surface area contributed by atoms with E-state index in [0.29, 0.717) is 24.4 Å². The minimum Gasteiger partial charge on any atom is -0.348 e. The summed E-state index contributed by atoms with van der Waals surface area (Å²) in [7, 11) is -4.20. The van der Waals surface area contributed by atoms with Crippen LogP contribution in [-0.4, -0.2) is 54.5 Å². The van der Waals surface area contributed by atoms with Crippen LogP contribution in [0.3, 0.4) is 0 Å². The molecule has 0 saturated carbocycles.